The maximum Gasteiger partial charge on any atom is 0.169 e. The van der Waals surface area contributed by atoms with E-state index in [0.717, 1.165) is 0 Å². The zero-order valence-electron chi connectivity index (χ0n) is 70.1. The summed E-state index contributed by atoms with van der Waals surface area (Å²) in [7, 11) is -0.553. The van der Waals surface area contributed by atoms with Crippen LogP contribution in [0.5, 0.6) is 0 Å². The fourth-order valence-electron chi connectivity index (χ4n) is 15.2. The number of benzene rings is 18. The van der Waals surface area contributed by atoms with Gasteiger partial charge in [0.15, 0.2) is 44.1 Å². The van der Waals surface area contributed by atoms with Gasteiger partial charge in [-0.3, -0.25) is 0 Å². The summed E-state index contributed by atoms with van der Waals surface area (Å²) in [5.41, 5.74) is 25.5. The molecule has 0 aromatic heterocycles. The van der Waals surface area contributed by atoms with Crippen LogP contribution in [-0.4, -0.2) is 0 Å². The van der Waals surface area contributed by atoms with Crippen LogP contribution in [0, 0.1) is 55.4 Å². The highest BCUT2D eigenvalue weighted by atomic mass is 32.2. The molecule has 18 aromatic carbocycles. The summed E-state index contributed by atoms with van der Waals surface area (Å²) < 4.78 is 0. The second-order valence-electron chi connectivity index (χ2n) is 30.8. The molecule has 0 spiro atoms. The van der Waals surface area contributed by atoms with Crippen LogP contribution in [0.2, 0.25) is 0 Å². The van der Waals surface area contributed by atoms with Crippen LogP contribution in [-0.2, 0) is 32.7 Å². The molecular formula is C116H97S6+3. The van der Waals surface area contributed by atoms with Gasteiger partial charge in [0.1, 0.15) is 0 Å². The predicted molar refractivity (Wildman–Crippen MR) is 527 cm³/mol. The lowest BCUT2D eigenvalue weighted by molar-refractivity contribution is 1.20. The first-order valence-corrected chi connectivity index (χ1v) is 47.6. The molecule has 0 saturated heterocycles. The molecule has 0 nitrogen and oxygen atoms in total. The van der Waals surface area contributed by atoms with Crippen LogP contribution < -0.4 is 0 Å². The maximum atomic E-state index is 2.35. The summed E-state index contributed by atoms with van der Waals surface area (Å²) >= 11 is 5.47. The minimum Gasteiger partial charge on any atom is -0.0901 e. The normalized spacial score (nSPS) is 11.8. The minimum atomic E-state index is -0.196. The molecule has 0 heterocycles. The molecule has 0 aliphatic rings. The summed E-state index contributed by atoms with van der Waals surface area (Å²) in [6.45, 7) is 17.5. The fourth-order valence-corrected chi connectivity index (χ4v) is 24.4. The van der Waals surface area contributed by atoms with Crippen molar-refractivity contribution in [2.45, 2.75) is 129 Å². The van der Waals surface area contributed by atoms with Crippen molar-refractivity contribution in [1.29, 1.82) is 0 Å². The van der Waals surface area contributed by atoms with Gasteiger partial charge in [0.25, 0.3) is 0 Å². The zero-order chi connectivity index (χ0) is 83.7. The molecule has 0 fully saturated rings. The zero-order valence-corrected chi connectivity index (χ0v) is 75.0. The lowest BCUT2D eigenvalue weighted by atomic mass is 10.0. The predicted octanol–water partition coefficient (Wildman–Crippen LogP) is 33.3. The van der Waals surface area contributed by atoms with Crippen molar-refractivity contribution in [3.8, 4) is 66.8 Å². The average Bonchev–Trinajstić information content (AvgIpc) is 0.795. The Labute approximate surface area is 744 Å². The SMILES string of the molecule is Cc1cc(-c2ccccc2)ccc1Sc1ccc([S+](c2ccccc2)c2ccc(-c3ccccc3)cc2C)cc1.Cc1cccc(-c2ccc(Sc3ccc([S+](c4ccc(-c5cccc(C)c5)cc4)c4cccc(C)c4)c(C)c3)cc2)c1.Cc1cccc(-c2ccc(Sc3ccc([S+](c4ccccc4)c4ccc(-c5cccc(C)c5)cc4)cc3)cc2)c1. The van der Waals surface area contributed by atoms with E-state index in [2.05, 4.69) is 498 Å². The van der Waals surface area contributed by atoms with E-state index in [-0.39, 0.29) is 32.7 Å². The molecule has 0 saturated carbocycles. The largest absolute Gasteiger partial charge is 0.169 e. The highest BCUT2D eigenvalue weighted by molar-refractivity contribution is 8.00. The van der Waals surface area contributed by atoms with Gasteiger partial charge in [0.2, 0.25) is 0 Å². The van der Waals surface area contributed by atoms with Gasteiger partial charge in [-0.25, -0.2) is 0 Å². The van der Waals surface area contributed by atoms with Crippen molar-refractivity contribution in [1.82, 2.24) is 0 Å². The summed E-state index contributed by atoms with van der Waals surface area (Å²) in [6.07, 6.45) is 0. The van der Waals surface area contributed by atoms with E-state index in [1.807, 2.05) is 35.3 Å². The Bertz CT molecular complexity index is 6510. The van der Waals surface area contributed by atoms with Crippen molar-refractivity contribution in [2.75, 3.05) is 0 Å². The van der Waals surface area contributed by atoms with E-state index in [4.69, 9.17) is 0 Å². The molecule has 0 amide bonds. The molecule has 3 atom stereocenters. The van der Waals surface area contributed by atoms with Crippen LogP contribution in [0.3, 0.4) is 0 Å². The van der Waals surface area contributed by atoms with Crippen LogP contribution in [0.15, 0.2) is 516 Å². The van der Waals surface area contributed by atoms with Crippen molar-refractivity contribution in [3.63, 3.8) is 0 Å². The first-order chi connectivity index (χ1) is 59.7. The number of aryl methyl sites for hydroxylation is 8. The molecule has 0 radical (unpaired) electrons. The number of hydrogen-bond acceptors (Lipinski definition) is 3. The van der Waals surface area contributed by atoms with Crippen LogP contribution in [0.25, 0.3) is 66.8 Å². The molecule has 0 aliphatic carbocycles. The van der Waals surface area contributed by atoms with Crippen molar-refractivity contribution in [2.24, 2.45) is 0 Å². The standard InChI is InChI=1S/C40H35S2.2C38H31S2/c1-28-8-5-11-34(24-28)32-14-18-36(19-15-32)41-37-20-23-40(31(4)27-37)42(39-13-7-10-30(3)26-39)38-21-16-33(17-22-38)35-12-6-9-29(2)25-35;1-28-26-32(30-12-6-3-7-13-30)18-24-37(28)39-34-20-22-36(23-21-34)40(35-16-10-5-11-17-35)38-25-19-33(27-29(38)2)31-14-8-4-9-15-31;1-28-8-6-10-32(26-28)30-14-18-34(19-15-30)39-35-20-24-38(25-21-35)40(36-12-4-3-5-13-36)37-22-16-31(17-23-37)33-11-7-9-29(2)27-33/h5-27H,1-4H3;2*3-27H,1-2H3/q3*+1. The maximum absolute atomic E-state index is 2.35. The van der Waals surface area contributed by atoms with Gasteiger partial charge < -0.3 is 0 Å². The van der Waals surface area contributed by atoms with E-state index in [1.54, 1.807) is 0 Å². The van der Waals surface area contributed by atoms with E-state index >= 15 is 0 Å². The van der Waals surface area contributed by atoms with Gasteiger partial charge in [-0.1, -0.05) is 300 Å². The van der Waals surface area contributed by atoms with E-state index in [1.165, 1.54) is 185 Å². The topological polar surface area (TPSA) is 0 Å². The molecule has 18 rings (SSSR count). The van der Waals surface area contributed by atoms with Crippen molar-refractivity contribution in [3.05, 3.63) is 487 Å². The summed E-state index contributed by atoms with van der Waals surface area (Å²) in [6, 6.07) is 162. The Hall–Kier alpha value is -11.9. The van der Waals surface area contributed by atoms with Crippen molar-refractivity contribution < 1.29 is 0 Å². The second-order valence-corrected chi connectivity index (χ2v) is 40.2. The lowest BCUT2D eigenvalue weighted by Gasteiger charge is -2.13. The summed E-state index contributed by atoms with van der Waals surface area (Å²) in [5, 5.41) is 0. The molecule has 0 N–H and O–H groups in total. The third-order valence-corrected chi connectivity index (χ3v) is 31.6. The Kier molecular flexibility index (Phi) is 27.6. The third-order valence-electron chi connectivity index (χ3n) is 21.4. The minimum absolute atomic E-state index is 0.174. The highest BCUT2D eigenvalue weighted by Crippen LogP contribution is 2.43. The Balaban J connectivity index is 0.000000136. The fraction of sp³-hybridized carbons (Fsp3) is 0.0690. The summed E-state index contributed by atoms with van der Waals surface area (Å²) in [5.74, 6) is 0. The lowest BCUT2D eigenvalue weighted by Crippen LogP contribution is -2.07. The van der Waals surface area contributed by atoms with E-state index < -0.39 is 0 Å². The molecule has 594 valence electrons. The van der Waals surface area contributed by atoms with Gasteiger partial charge in [0, 0.05) is 40.5 Å². The quantitative estimate of drug-likeness (QED) is 0.0658. The van der Waals surface area contributed by atoms with Gasteiger partial charge in [-0.05, 0) is 333 Å². The van der Waals surface area contributed by atoms with Gasteiger partial charge in [-0.2, -0.15) is 0 Å². The van der Waals surface area contributed by atoms with Crippen LogP contribution in [0.4, 0.5) is 0 Å². The van der Waals surface area contributed by atoms with Gasteiger partial charge >= 0.3 is 0 Å². The molecule has 3 unspecified atom stereocenters. The summed E-state index contributed by atoms with van der Waals surface area (Å²) in [4.78, 5) is 19.7. The Morgan fingerprint density at radius 3 is 0.779 bits per heavy atom. The molecular weight excluding hydrogens is 1590 g/mol. The monoisotopic (exact) mass is 1680 g/mol. The highest BCUT2D eigenvalue weighted by Gasteiger charge is 2.34. The number of hydrogen-bond donors (Lipinski definition) is 0. The Morgan fingerprint density at radius 1 is 0.148 bits per heavy atom. The molecule has 0 aliphatic heterocycles. The molecule has 18 aromatic rings. The molecule has 0 bridgehead atoms. The molecule has 122 heavy (non-hydrogen) atoms. The first-order valence-electron chi connectivity index (χ1n) is 41.5. The smallest absolute Gasteiger partial charge is 0.0901 e. The Morgan fingerprint density at radius 2 is 0.393 bits per heavy atom. The van der Waals surface area contributed by atoms with E-state index in [9.17, 15) is 0 Å². The van der Waals surface area contributed by atoms with Crippen LogP contribution in [0.1, 0.15) is 44.5 Å². The van der Waals surface area contributed by atoms with Gasteiger partial charge in [-0.15, -0.1) is 0 Å². The first kappa shape index (κ1) is 83.7. The number of rotatable bonds is 21. The van der Waals surface area contributed by atoms with Crippen molar-refractivity contribution >= 4 is 68.0 Å². The van der Waals surface area contributed by atoms with Gasteiger partial charge in [0.05, 0.1) is 32.7 Å². The van der Waals surface area contributed by atoms with E-state index in [0.29, 0.717) is 0 Å². The third kappa shape index (κ3) is 21.3. The average molecular weight is 1680 g/mol. The van der Waals surface area contributed by atoms with Crippen LogP contribution >= 0.6 is 35.3 Å². The second kappa shape index (κ2) is 40.2. The molecule has 6 heteroatoms.